The van der Waals surface area contributed by atoms with Gasteiger partial charge >= 0.3 is 0 Å². The molecule has 2 aromatic rings. The highest BCUT2D eigenvalue weighted by atomic mass is 32.2. The van der Waals surface area contributed by atoms with Crippen LogP contribution in [0.1, 0.15) is 22.3 Å². The Morgan fingerprint density at radius 2 is 1.68 bits per heavy atom. The molecule has 0 saturated carbocycles. The number of anilines is 1. The lowest BCUT2D eigenvalue weighted by Crippen LogP contribution is -2.22. The van der Waals surface area contributed by atoms with E-state index in [2.05, 4.69) is 22.0 Å². The van der Waals surface area contributed by atoms with Gasteiger partial charge in [-0.05, 0) is 55.3 Å². The molecule has 25 heavy (non-hydrogen) atoms. The van der Waals surface area contributed by atoms with E-state index in [1.807, 2.05) is 37.3 Å². The molecule has 0 unspecified atom stereocenters. The number of hydrogen-bond donors (Lipinski definition) is 3. The number of hydrogen-bond acceptors (Lipinski definition) is 3. The average molecular weight is 360 g/mol. The second-order valence-electron chi connectivity index (χ2n) is 5.91. The first-order valence-electron chi connectivity index (χ1n) is 7.92. The summed E-state index contributed by atoms with van der Waals surface area (Å²) >= 11 is 0. The molecule has 134 valence electrons. The predicted molar refractivity (Wildman–Crippen MR) is 103 cm³/mol. The van der Waals surface area contributed by atoms with Crippen LogP contribution in [0.4, 0.5) is 5.69 Å². The molecule has 2 rings (SSSR count). The third-order valence-corrected chi connectivity index (χ3v) is 5.24. The summed E-state index contributed by atoms with van der Waals surface area (Å²) in [6.07, 6.45) is 0. The Labute approximate surface area is 149 Å². The van der Waals surface area contributed by atoms with Gasteiger partial charge in [-0.15, -0.1) is 0 Å². The van der Waals surface area contributed by atoms with Crippen molar-refractivity contribution in [3.8, 4) is 0 Å². The Hall–Kier alpha value is -2.38. The van der Waals surface area contributed by atoms with E-state index in [9.17, 15) is 8.42 Å². The van der Waals surface area contributed by atoms with Crippen LogP contribution in [0.25, 0.3) is 0 Å². The number of nitrogens with zero attached hydrogens (tertiary/aromatic N) is 1. The van der Waals surface area contributed by atoms with E-state index in [0.29, 0.717) is 12.5 Å². The van der Waals surface area contributed by atoms with Crippen LogP contribution in [0.15, 0.2) is 47.5 Å². The van der Waals surface area contributed by atoms with Crippen molar-refractivity contribution in [2.75, 3.05) is 12.4 Å². The van der Waals surface area contributed by atoms with Gasteiger partial charge in [0.15, 0.2) is 5.96 Å². The molecule has 0 saturated heterocycles. The largest absolute Gasteiger partial charge is 0.370 e. The summed E-state index contributed by atoms with van der Waals surface area (Å²) in [5, 5.41) is 3.07. The van der Waals surface area contributed by atoms with Crippen molar-refractivity contribution in [2.24, 2.45) is 10.7 Å². The van der Waals surface area contributed by atoms with Crippen molar-refractivity contribution in [2.45, 2.75) is 26.1 Å². The Morgan fingerprint density at radius 3 is 2.28 bits per heavy atom. The normalized spacial score (nSPS) is 12.2. The quantitative estimate of drug-likeness (QED) is 0.544. The third-order valence-electron chi connectivity index (χ3n) is 3.90. The maximum absolute atomic E-state index is 11.5. The molecule has 4 N–H and O–H groups in total. The van der Waals surface area contributed by atoms with E-state index in [0.717, 1.165) is 16.8 Å². The van der Waals surface area contributed by atoms with Crippen LogP contribution in [-0.4, -0.2) is 21.4 Å². The molecule has 0 aliphatic rings. The maximum Gasteiger partial charge on any atom is 0.215 e. The number of rotatable bonds is 6. The van der Waals surface area contributed by atoms with E-state index >= 15 is 0 Å². The highest BCUT2D eigenvalue weighted by molar-refractivity contribution is 7.88. The summed E-state index contributed by atoms with van der Waals surface area (Å²) in [5.74, 6) is 0.300. The fourth-order valence-electron chi connectivity index (χ4n) is 2.22. The fraction of sp³-hybridized carbons (Fsp3) is 0.278. The second kappa shape index (κ2) is 8.13. The molecule has 2 aromatic carbocycles. The Balaban J connectivity index is 1.97. The van der Waals surface area contributed by atoms with E-state index in [1.54, 1.807) is 12.1 Å². The van der Waals surface area contributed by atoms with Crippen LogP contribution >= 0.6 is 0 Å². The van der Waals surface area contributed by atoms with E-state index in [1.165, 1.54) is 18.2 Å². The van der Waals surface area contributed by atoms with E-state index < -0.39 is 10.0 Å². The second-order valence-corrected chi connectivity index (χ2v) is 7.83. The van der Waals surface area contributed by atoms with E-state index in [4.69, 9.17) is 5.73 Å². The molecular formula is C18H24N4O2S. The third kappa shape index (κ3) is 5.88. The van der Waals surface area contributed by atoms with Gasteiger partial charge in [0.05, 0.1) is 12.3 Å². The minimum atomic E-state index is -3.26. The molecule has 0 radical (unpaired) electrons. The zero-order chi connectivity index (χ0) is 18.4. The molecular weight excluding hydrogens is 336 g/mol. The molecule has 0 aliphatic heterocycles. The molecule has 0 aromatic heterocycles. The number of aliphatic imine (C=N–C) groups is 1. The highest BCUT2D eigenvalue weighted by Gasteiger charge is 2.08. The summed E-state index contributed by atoms with van der Waals surface area (Å²) in [6.45, 7) is 4.52. The summed E-state index contributed by atoms with van der Waals surface area (Å²) in [5.41, 5.74) is 10.9. The van der Waals surface area contributed by atoms with Gasteiger partial charge in [0.2, 0.25) is 10.0 Å². The molecule has 0 aliphatic carbocycles. The van der Waals surface area contributed by atoms with Gasteiger partial charge in [-0.3, -0.25) is 0 Å². The number of sulfonamides is 1. The first kappa shape index (κ1) is 19.0. The fourth-order valence-corrected chi connectivity index (χ4v) is 2.99. The topological polar surface area (TPSA) is 96.6 Å². The average Bonchev–Trinajstić information content (AvgIpc) is 2.57. The first-order valence-corrected chi connectivity index (χ1v) is 9.57. The lowest BCUT2D eigenvalue weighted by Gasteiger charge is -2.08. The Kier molecular flexibility index (Phi) is 6.17. The SMILES string of the molecule is CNS(=O)(=O)Cc1ccc(CN=C(N)Nc2ccc(C)c(C)c2)cc1. The van der Waals surface area contributed by atoms with Crippen LogP contribution in [0, 0.1) is 13.8 Å². The van der Waals surface area contributed by atoms with Gasteiger partial charge in [-0.1, -0.05) is 30.3 Å². The molecule has 0 amide bonds. The Morgan fingerprint density at radius 1 is 1.04 bits per heavy atom. The molecule has 7 heteroatoms. The molecule has 0 spiro atoms. The standard InChI is InChI=1S/C18H24N4O2S/c1-13-4-9-17(10-14(13)2)22-18(19)21-11-15-5-7-16(8-6-15)12-25(23,24)20-3/h4-10,20H,11-12H2,1-3H3,(H3,19,21,22). The summed E-state index contributed by atoms with van der Waals surface area (Å²) in [4.78, 5) is 4.31. The van der Waals surface area contributed by atoms with Crippen molar-refractivity contribution >= 4 is 21.7 Å². The molecule has 0 bridgehead atoms. The Bertz CT molecular complexity index is 859. The molecule has 6 nitrogen and oxygen atoms in total. The van der Waals surface area contributed by atoms with Gasteiger partial charge in [-0.2, -0.15) is 0 Å². The molecule has 0 fully saturated rings. The first-order chi connectivity index (χ1) is 11.8. The van der Waals surface area contributed by atoms with Gasteiger partial charge in [-0.25, -0.2) is 18.1 Å². The van der Waals surface area contributed by atoms with Crippen LogP contribution < -0.4 is 15.8 Å². The highest BCUT2D eigenvalue weighted by Crippen LogP contribution is 2.14. The lowest BCUT2D eigenvalue weighted by molar-refractivity contribution is 0.587. The van der Waals surface area contributed by atoms with Crippen LogP contribution in [-0.2, 0) is 22.3 Å². The summed E-state index contributed by atoms with van der Waals surface area (Å²) in [6, 6.07) is 13.3. The number of nitrogens with one attached hydrogen (secondary N) is 2. The zero-order valence-electron chi connectivity index (χ0n) is 14.7. The number of guanidine groups is 1. The maximum atomic E-state index is 11.5. The van der Waals surface area contributed by atoms with Crippen molar-refractivity contribution in [3.05, 3.63) is 64.7 Å². The van der Waals surface area contributed by atoms with Gasteiger partial charge in [0, 0.05) is 5.69 Å². The molecule has 0 heterocycles. The van der Waals surface area contributed by atoms with Crippen molar-refractivity contribution in [1.29, 1.82) is 0 Å². The van der Waals surface area contributed by atoms with Crippen molar-refractivity contribution in [3.63, 3.8) is 0 Å². The van der Waals surface area contributed by atoms with Crippen LogP contribution in [0.2, 0.25) is 0 Å². The summed E-state index contributed by atoms with van der Waals surface area (Å²) in [7, 11) is -1.85. The van der Waals surface area contributed by atoms with Crippen molar-refractivity contribution < 1.29 is 8.42 Å². The molecule has 0 atom stereocenters. The van der Waals surface area contributed by atoms with Crippen LogP contribution in [0.5, 0.6) is 0 Å². The monoisotopic (exact) mass is 360 g/mol. The van der Waals surface area contributed by atoms with Gasteiger partial charge in [0.1, 0.15) is 0 Å². The smallest absolute Gasteiger partial charge is 0.215 e. The summed E-state index contributed by atoms with van der Waals surface area (Å²) < 4.78 is 25.4. The number of benzene rings is 2. The van der Waals surface area contributed by atoms with Crippen LogP contribution in [0.3, 0.4) is 0 Å². The van der Waals surface area contributed by atoms with Gasteiger partial charge < -0.3 is 11.1 Å². The van der Waals surface area contributed by atoms with Gasteiger partial charge in [0.25, 0.3) is 0 Å². The number of aryl methyl sites for hydroxylation is 2. The predicted octanol–water partition coefficient (Wildman–Crippen LogP) is 2.28. The zero-order valence-corrected chi connectivity index (χ0v) is 15.5. The minimum absolute atomic E-state index is 0.0382. The number of nitrogens with two attached hydrogens (primary N) is 1. The lowest BCUT2D eigenvalue weighted by atomic mass is 10.1. The van der Waals surface area contributed by atoms with E-state index in [-0.39, 0.29) is 5.75 Å². The van der Waals surface area contributed by atoms with Crippen molar-refractivity contribution in [1.82, 2.24) is 4.72 Å². The minimum Gasteiger partial charge on any atom is -0.370 e.